The summed E-state index contributed by atoms with van der Waals surface area (Å²) in [6, 6.07) is 0. The molecule has 0 fully saturated rings. The van der Waals surface area contributed by atoms with Crippen LogP contribution in [0.25, 0.3) is 0 Å². The lowest BCUT2D eigenvalue weighted by atomic mass is 9.88. The molecule has 1 N–H and O–H groups in total. The number of hydrogen-bond donors (Lipinski definition) is 1. The molecule has 2 nitrogen and oxygen atoms in total. The van der Waals surface area contributed by atoms with Gasteiger partial charge in [0.2, 0.25) is 0 Å². The number of rotatable bonds is 6. The minimum atomic E-state index is -0.673. The van der Waals surface area contributed by atoms with E-state index in [-0.39, 0.29) is 0 Å². The highest BCUT2D eigenvalue weighted by molar-refractivity contribution is 5.66. The maximum atomic E-state index is 10.2. The third-order valence-corrected chi connectivity index (χ3v) is 2.43. The van der Waals surface area contributed by atoms with Crippen LogP contribution in [0.15, 0.2) is 0 Å². The number of carboxylic acids is 1. The number of aliphatic carboxylic acids is 1. The zero-order valence-electron chi connectivity index (χ0n) is 8.34. The Labute approximate surface area is 75.0 Å². The van der Waals surface area contributed by atoms with Crippen LogP contribution >= 0.6 is 0 Å². The Morgan fingerprint density at radius 3 is 2.33 bits per heavy atom. The van der Waals surface area contributed by atoms with Gasteiger partial charge in [0, 0.05) is 6.42 Å². The van der Waals surface area contributed by atoms with Crippen molar-refractivity contribution in [1.29, 1.82) is 0 Å². The first kappa shape index (κ1) is 11.5. The van der Waals surface area contributed by atoms with E-state index in [0.717, 1.165) is 19.3 Å². The van der Waals surface area contributed by atoms with Gasteiger partial charge >= 0.3 is 5.97 Å². The van der Waals surface area contributed by atoms with Gasteiger partial charge in [0.25, 0.3) is 0 Å². The van der Waals surface area contributed by atoms with Crippen LogP contribution in [0.2, 0.25) is 0 Å². The summed E-state index contributed by atoms with van der Waals surface area (Å²) >= 11 is 0. The maximum Gasteiger partial charge on any atom is 0.303 e. The van der Waals surface area contributed by atoms with E-state index in [4.69, 9.17) is 5.11 Å². The Kier molecular flexibility index (Phi) is 5.77. The zero-order valence-corrected chi connectivity index (χ0v) is 8.34. The molecule has 0 bridgehead atoms. The zero-order chi connectivity index (χ0) is 9.56. The third-order valence-electron chi connectivity index (χ3n) is 2.43. The highest BCUT2D eigenvalue weighted by Crippen LogP contribution is 2.21. The normalized spacial score (nSPS) is 13.3. The monoisotopic (exact) mass is 172 g/mol. The second-order valence-corrected chi connectivity index (χ2v) is 3.70. The molecule has 0 saturated heterocycles. The van der Waals surface area contributed by atoms with E-state index in [1.165, 1.54) is 0 Å². The lowest BCUT2D eigenvalue weighted by Crippen LogP contribution is -2.08. The summed E-state index contributed by atoms with van der Waals surface area (Å²) in [7, 11) is 0. The van der Waals surface area contributed by atoms with Crippen LogP contribution in [0.5, 0.6) is 0 Å². The first-order chi connectivity index (χ1) is 5.57. The molecule has 0 heterocycles. The van der Waals surface area contributed by atoms with E-state index < -0.39 is 5.97 Å². The molecule has 2 heteroatoms. The van der Waals surface area contributed by atoms with Crippen molar-refractivity contribution in [3.05, 3.63) is 0 Å². The highest BCUT2D eigenvalue weighted by atomic mass is 16.4. The average Bonchev–Trinajstić information content (AvgIpc) is 1.96. The van der Waals surface area contributed by atoms with Gasteiger partial charge in [0.15, 0.2) is 0 Å². The van der Waals surface area contributed by atoms with Crippen LogP contribution in [0.4, 0.5) is 0 Å². The molecule has 0 aromatic heterocycles. The van der Waals surface area contributed by atoms with Crippen LogP contribution in [0.3, 0.4) is 0 Å². The SMILES string of the molecule is CCC(CCCC(=O)O)C(C)C. The van der Waals surface area contributed by atoms with E-state index in [2.05, 4.69) is 20.8 Å². The van der Waals surface area contributed by atoms with Gasteiger partial charge in [-0.1, -0.05) is 27.2 Å². The molecular weight excluding hydrogens is 152 g/mol. The molecule has 0 radical (unpaired) electrons. The predicted octanol–water partition coefficient (Wildman–Crippen LogP) is 2.92. The van der Waals surface area contributed by atoms with Gasteiger partial charge in [-0.15, -0.1) is 0 Å². The van der Waals surface area contributed by atoms with E-state index in [0.29, 0.717) is 18.3 Å². The fourth-order valence-corrected chi connectivity index (χ4v) is 1.52. The van der Waals surface area contributed by atoms with Crippen LogP contribution in [0.1, 0.15) is 46.5 Å². The largest absolute Gasteiger partial charge is 0.481 e. The predicted molar refractivity (Wildman–Crippen MR) is 50.1 cm³/mol. The van der Waals surface area contributed by atoms with Crippen molar-refractivity contribution in [2.45, 2.75) is 46.5 Å². The number of carbonyl (C=O) groups is 1. The molecule has 0 saturated carbocycles. The van der Waals surface area contributed by atoms with Crippen molar-refractivity contribution < 1.29 is 9.90 Å². The van der Waals surface area contributed by atoms with Crippen LogP contribution in [-0.2, 0) is 4.79 Å². The quantitative estimate of drug-likeness (QED) is 0.668. The van der Waals surface area contributed by atoms with E-state index in [9.17, 15) is 4.79 Å². The molecule has 0 aliphatic heterocycles. The summed E-state index contributed by atoms with van der Waals surface area (Å²) in [5, 5.41) is 8.44. The Hall–Kier alpha value is -0.530. The molecule has 0 amide bonds. The minimum absolute atomic E-state index is 0.323. The average molecular weight is 172 g/mol. The van der Waals surface area contributed by atoms with Crippen molar-refractivity contribution in [3.8, 4) is 0 Å². The van der Waals surface area contributed by atoms with Gasteiger partial charge in [-0.25, -0.2) is 0 Å². The van der Waals surface area contributed by atoms with Gasteiger partial charge in [-0.05, 0) is 24.7 Å². The molecule has 0 aliphatic rings. The maximum absolute atomic E-state index is 10.2. The third kappa shape index (κ3) is 5.16. The molecule has 0 rings (SSSR count). The summed E-state index contributed by atoms with van der Waals surface area (Å²) in [6.07, 6.45) is 3.37. The molecular formula is C10H20O2. The molecule has 0 spiro atoms. The lowest BCUT2D eigenvalue weighted by Gasteiger charge is -2.17. The van der Waals surface area contributed by atoms with E-state index in [1.807, 2.05) is 0 Å². The second kappa shape index (κ2) is 6.04. The van der Waals surface area contributed by atoms with Crippen molar-refractivity contribution in [2.75, 3.05) is 0 Å². The molecule has 1 unspecified atom stereocenters. The van der Waals surface area contributed by atoms with Crippen LogP contribution in [-0.4, -0.2) is 11.1 Å². The summed E-state index contributed by atoms with van der Waals surface area (Å²) in [5.74, 6) is 0.710. The van der Waals surface area contributed by atoms with Gasteiger partial charge in [0.1, 0.15) is 0 Å². The Bertz CT molecular complexity index is 130. The van der Waals surface area contributed by atoms with Gasteiger partial charge in [-0.2, -0.15) is 0 Å². The number of hydrogen-bond acceptors (Lipinski definition) is 1. The van der Waals surface area contributed by atoms with Crippen molar-refractivity contribution in [3.63, 3.8) is 0 Å². The fourth-order valence-electron chi connectivity index (χ4n) is 1.52. The molecule has 0 aromatic rings. The van der Waals surface area contributed by atoms with Crippen molar-refractivity contribution in [2.24, 2.45) is 11.8 Å². The molecule has 0 aliphatic carbocycles. The lowest BCUT2D eigenvalue weighted by molar-refractivity contribution is -0.137. The van der Waals surface area contributed by atoms with Crippen molar-refractivity contribution >= 4 is 5.97 Å². The summed E-state index contributed by atoms with van der Waals surface area (Å²) < 4.78 is 0. The van der Waals surface area contributed by atoms with Crippen LogP contribution in [0, 0.1) is 11.8 Å². The fraction of sp³-hybridized carbons (Fsp3) is 0.900. The molecule has 1 atom stereocenters. The van der Waals surface area contributed by atoms with E-state index in [1.54, 1.807) is 0 Å². The van der Waals surface area contributed by atoms with Crippen molar-refractivity contribution in [1.82, 2.24) is 0 Å². The minimum Gasteiger partial charge on any atom is -0.481 e. The number of carboxylic acid groups (broad SMARTS) is 1. The summed E-state index contributed by atoms with van der Waals surface area (Å²) in [4.78, 5) is 10.2. The topological polar surface area (TPSA) is 37.3 Å². The molecule has 12 heavy (non-hydrogen) atoms. The molecule has 72 valence electrons. The van der Waals surface area contributed by atoms with E-state index >= 15 is 0 Å². The molecule has 0 aromatic carbocycles. The van der Waals surface area contributed by atoms with Gasteiger partial charge in [-0.3, -0.25) is 4.79 Å². The van der Waals surface area contributed by atoms with Gasteiger partial charge < -0.3 is 5.11 Å². The smallest absolute Gasteiger partial charge is 0.303 e. The first-order valence-corrected chi connectivity index (χ1v) is 4.79. The Morgan fingerprint density at radius 1 is 1.42 bits per heavy atom. The summed E-state index contributed by atoms with van der Waals surface area (Å²) in [6.45, 7) is 6.58. The Balaban J connectivity index is 3.51. The van der Waals surface area contributed by atoms with Gasteiger partial charge in [0.05, 0.1) is 0 Å². The standard InChI is InChI=1S/C10H20O2/c1-4-9(8(2)3)6-5-7-10(11)12/h8-9H,4-7H2,1-3H3,(H,11,12). The Morgan fingerprint density at radius 2 is 2.00 bits per heavy atom. The first-order valence-electron chi connectivity index (χ1n) is 4.79. The highest BCUT2D eigenvalue weighted by Gasteiger charge is 2.10. The van der Waals surface area contributed by atoms with Crippen LogP contribution < -0.4 is 0 Å². The second-order valence-electron chi connectivity index (χ2n) is 3.70. The summed E-state index contributed by atoms with van der Waals surface area (Å²) in [5.41, 5.74) is 0.